The molecule has 1 aromatic heterocycles. The standard InChI is InChI=1S/C8H5ClN2.Na.H/c9-6-1-2-7-8(5-6)11-4-3-10-7;;/h1-5H;;. The third kappa shape index (κ3) is 1.96. The van der Waals surface area contributed by atoms with Crippen LogP contribution in [0, 0.1) is 0 Å². The summed E-state index contributed by atoms with van der Waals surface area (Å²) in [7, 11) is 0. The fourth-order valence-corrected chi connectivity index (χ4v) is 1.10. The summed E-state index contributed by atoms with van der Waals surface area (Å²) in [6.45, 7) is 0. The Bertz CT molecular complexity index is 391. The molecule has 1 heterocycles. The van der Waals surface area contributed by atoms with Crippen LogP contribution in [0.3, 0.4) is 0 Å². The number of halogens is 1. The van der Waals surface area contributed by atoms with Crippen molar-refractivity contribution in [3.8, 4) is 0 Å². The van der Waals surface area contributed by atoms with E-state index in [0.29, 0.717) is 5.02 Å². The maximum atomic E-state index is 5.75. The summed E-state index contributed by atoms with van der Waals surface area (Å²) in [6, 6.07) is 5.45. The van der Waals surface area contributed by atoms with E-state index in [-0.39, 0.29) is 29.6 Å². The number of fused-ring (bicyclic) bond motifs is 1. The quantitative estimate of drug-likeness (QED) is 0.588. The first-order valence-corrected chi connectivity index (χ1v) is 3.60. The molecule has 4 heteroatoms. The van der Waals surface area contributed by atoms with E-state index in [4.69, 9.17) is 11.6 Å². The van der Waals surface area contributed by atoms with Gasteiger partial charge in [-0.15, -0.1) is 0 Å². The van der Waals surface area contributed by atoms with Gasteiger partial charge in [-0.25, -0.2) is 0 Å². The predicted molar refractivity (Wildman–Crippen MR) is 51.7 cm³/mol. The Morgan fingerprint density at radius 2 is 1.67 bits per heavy atom. The first kappa shape index (κ1) is 9.93. The normalized spacial score (nSPS) is 9.42. The van der Waals surface area contributed by atoms with Crippen molar-refractivity contribution < 1.29 is 0 Å². The molecule has 0 bridgehead atoms. The average molecular weight is 189 g/mol. The zero-order valence-electron chi connectivity index (χ0n) is 5.66. The van der Waals surface area contributed by atoms with Crippen LogP contribution in [0.5, 0.6) is 0 Å². The number of aromatic nitrogens is 2. The second-order valence-corrected chi connectivity index (χ2v) is 2.63. The van der Waals surface area contributed by atoms with E-state index in [1.165, 1.54) is 0 Å². The number of hydrogen-bond donors (Lipinski definition) is 0. The van der Waals surface area contributed by atoms with Crippen molar-refractivity contribution in [3.63, 3.8) is 0 Å². The van der Waals surface area contributed by atoms with E-state index in [1.54, 1.807) is 24.5 Å². The second kappa shape index (κ2) is 4.19. The molecule has 2 rings (SSSR count). The first-order valence-electron chi connectivity index (χ1n) is 3.22. The van der Waals surface area contributed by atoms with Gasteiger partial charge in [0.05, 0.1) is 11.0 Å². The minimum absolute atomic E-state index is 0. The summed E-state index contributed by atoms with van der Waals surface area (Å²) in [5.74, 6) is 0. The predicted octanol–water partition coefficient (Wildman–Crippen LogP) is 1.63. The Labute approximate surface area is 97.3 Å². The first-order chi connectivity index (χ1) is 5.36. The van der Waals surface area contributed by atoms with Crippen LogP contribution in [-0.2, 0) is 0 Å². The van der Waals surface area contributed by atoms with Gasteiger partial charge in [0.15, 0.2) is 0 Å². The summed E-state index contributed by atoms with van der Waals surface area (Å²) < 4.78 is 0. The van der Waals surface area contributed by atoms with E-state index in [9.17, 15) is 0 Å². The van der Waals surface area contributed by atoms with Gasteiger partial charge in [0, 0.05) is 17.4 Å². The molecule has 0 aliphatic heterocycles. The summed E-state index contributed by atoms with van der Waals surface area (Å²) in [5.41, 5.74) is 1.71. The Morgan fingerprint density at radius 3 is 2.42 bits per heavy atom. The summed E-state index contributed by atoms with van der Waals surface area (Å²) in [6.07, 6.45) is 3.31. The molecule has 2 aromatic rings. The van der Waals surface area contributed by atoms with E-state index < -0.39 is 0 Å². The Balaban J connectivity index is 0.000000720. The Morgan fingerprint density at radius 1 is 1.00 bits per heavy atom. The molecule has 0 N–H and O–H groups in total. The SMILES string of the molecule is Clc1ccc2nccnc2c1.[NaH]. The molecule has 0 aliphatic carbocycles. The molecular formula is C8H6ClN2Na. The molecule has 0 fully saturated rings. The second-order valence-electron chi connectivity index (χ2n) is 2.19. The third-order valence-corrected chi connectivity index (χ3v) is 1.67. The number of nitrogens with zero attached hydrogens (tertiary/aromatic N) is 2. The van der Waals surface area contributed by atoms with Crippen LogP contribution in [0.15, 0.2) is 30.6 Å². The number of benzene rings is 1. The third-order valence-electron chi connectivity index (χ3n) is 1.43. The zero-order chi connectivity index (χ0) is 7.68. The van der Waals surface area contributed by atoms with Crippen LogP contribution in [-0.4, -0.2) is 39.5 Å². The van der Waals surface area contributed by atoms with Crippen LogP contribution in [0.2, 0.25) is 5.02 Å². The van der Waals surface area contributed by atoms with Gasteiger partial charge in [0.2, 0.25) is 0 Å². The molecule has 0 unspecified atom stereocenters. The van der Waals surface area contributed by atoms with Crippen molar-refractivity contribution in [2.45, 2.75) is 0 Å². The topological polar surface area (TPSA) is 25.8 Å². The molecule has 0 radical (unpaired) electrons. The van der Waals surface area contributed by atoms with Gasteiger partial charge in [-0.3, -0.25) is 9.97 Å². The Hall–Kier alpha value is -0.150. The average Bonchev–Trinajstić information content (AvgIpc) is 2.04. The number of hydrogen-bond acceptors (Lipinski definition) is 2. The zero-order valence-corrected chi connectivity index (χ0v) is 6.42. The van der Waals surface area contributed by atoms with Crippen molar-refractivity contribution in [1.82, 2.24) is 9.97 Å². The number of rotatable bonds is 0. The van der Waals surface area contributed by atoms with Gasteiger partial charge in [-0.2, -0.15) is 0 Å². The summed E-state index contributed by atoms with van der Waals surface area (Å²) in [4.78, 5) is 8.20. The van der Waals surface area contributed by atoms with E-state index in [0.717, 1.165) is 11.0 Å². The van der Waals surface area contributed by atoms with Crippen molar-refractivity contribution in [1.29, 1.82) is 0 Å². The van der Waals surface area contributed by atoms with Crippen LogP contribution >= 0.6 is 11.6 Å². The van der Waals surface area contributed by atoms with Gasteiger partial charge >= 0.3 is 29.6 Å². The van der Waals surface area contributed by atoms with Crippen LogP contribution < -0.4 is 0 Å². The van der Waals surface area contributed by atoms with E-state index >= 15 is 0 Å². The van der Waals surface area contributed by atoms with Gasteiger partial charge in [-0.1, -0.05) is 11.6 Å². The van der Waals surface area contributed by atoms with Crippen molar-refractivity contribution in [3.05, 3.63) is 35.6 Å². The van der Waals surface area contributed by atoms with Gasteiger partial charge in [0.25, 0.3) is 0 Å². The molecule has 0 spiro atoms. The molecular weight excluding hydrogens is 183 g/mol. The fraction of sp³-hybridized carbons (Fsp3) is 0. The van der Waals surface area contributed by atoms with Crippen molar-refractivity contribution in [2.24, 2.45) is 0 Å². The molecule has 0 saturated heterocycles. The molecule has 0 saturated carbocycles. The monoisotopic (exact) mass is 188 g/mol. The molecule has 0 amide bonds. The van der Waals surface area contributed by atoms with Crippen LogP contribution in [0.4, 0.5) is 0 Å². The van der Waals surface area contributed by atoms with E-state index in [1.807, 2.05) is 6.07 Å². The summed E-state index contributed by atoms with van der Waals surface area (Å²) >= 11 is 5.75. The van der Waals surface area contributed by atoms with Crippen molar-refractivity contribution >= 4 is 52.2 Å². The van der Waals surface area contributed by atoms with Crippen molar-refractivity contribution in [2.75, 3.05) is 0 Å². The molecule has 56 valence electrons. The van der Waals surface area contributed by atoms with E-state index in [2.05, 4.69) is 9.97 Å². The molecule has 12 heavy (non-hydrogen) atoms. The maximum absolute atomic E-state index is 5.75. The minimum atomic E-state index is 0. The fourth-order valence-electron chi connectivity index (χ4n) is 0.936. The van der Waals surface area contributed by atoms with Gasteiger partial charge in [-0.05, 0) is 18.2 Å². The summed E-state index contributed by atoms with van der Waals surface area (Å²) in [5, 5.41) is 0.693. The van der Waals surface area contributed by atoms with Crippen LogP contribution in [0.1, 0.15) is 0 Å². The molecule has 1 aromatic carbocycles. The van der Waals surface area contributed by atoms with Gasteiger partial charge in [0.1, 0.15) is 0 Å². The Kier molecular flexibility index (Phi) is 3.47. The molecule has 0 atom stereocenters. The van der Waals surface area contributed by atoms with Crippen LogP contribution in [0.25, 0.3) is 11.0 Å². The molecule has 0 aliphatic rings. The van der Waals surface area contributed by atoms with Gasteiger partial charge < -0.3 is 0 Å². The molecule has 2 nitrogen and oxygen atoms in total.